The monoisotopic (exact) mass is 267 g/mol. The van der Waals surface area contributed by atoms with Crippen LogP contribution in [0.5, 0.6) is 0 Å². The smallest absolute Gasteiger partial charge is 0.0108 e. The molecule has 0 amide bonds. The zero-order valence-corrected chi connectivity index (χ0v) is 12.2. The quantitative estimate of drug-likeness (QED) is 0.847. The Balaban J connectivity index is 1.78. The topological polar surface area (TPSA) is 12.0 Å². The zero-order chi connectivity index (χ0) is 12.1. The summed E-state index contributed by atoms with van der Waals surface area (Å²) in [5.41, 5.74) is 1.54. The minimum absolute atomic E-state index is 0.706. The first-order valence-corrected chi connectivity index (χ1v) is 8.60. The molecule has 1 heterocycles. The number of nitrogens with one attached hydrogen (secondary N) is 1. The molecule has 1 aliphatic rings. The largest absolute Gasteiger partial charge is 0.316 e. The van der Waals surface area contributed by atoms with E-state index in [0.717, 1.165) is 19.0 Å². The van der Waals surface area contributed by atoms with Gasteiger partial charge in [0.05, 0.1) is 0 Å². The van der Waals surface area contributed by atoms with Gasteiger partial charge in [0.1, 0.15) is 0 Å². The van der Waals surface area contributed by atoms with Crippen LogP contribution in [0, 0.1) is 5.92 Å². The molecule has 0 saturated carbocycles. The van der Waals surface area contributed by atoms with Gasteiger partial charge in [-0.15, -0.1) is 11.8 Å². The third kappa shape index (κ3) is 3.67. The van der Waals surface area contributed by atoms with Crippen LogP contribution in [-0.2, 0) is 0 Å². The first kappa shape index (κ1) is 13.3. The molecular formula is C14H21NS2. The van der Waals surface area contributed by atoms with Crippen molar-refractivity contribution in [3.63, 3.8) is 0 Å². The summed E-state index contributed by atoms with van der Waals surface area (Å²) in [5.74, 6) is 3.97. The average Bonchev–Trinajstić information content (AvgIpc) is 2.73. The van der Waals surface area contributed by atoms with E-state index in [1.807, 2.05) is 23.5 Å². The van der Waals surface area contributed by atoms with Crippen molar-refractivity contribution in [2.75, 3.05) is 30.9 Å². The fourth-order valence-corrected chi connectivity index (χ4v) is 4.19. The van der Waals surface area contributed by atoms with Gasteiger partial charge in [-0.05, 0) is 36.1 Å². The Hall–Kier alpha value is -0.120. The summed E-state index contributed by atoms with van der Waals surface area (Å²) in [4.78, 5) is 1.48. The van der Waals surface area contributed by atoms with Crippen molar-refractivity contribution in [3.05, 3.63) is 29.8 Å². The van der Waals surface area contributed by atoms with E-state index < -0.39 is 0 Å². The Kier molecular flexibility index (Phi) is 5.26. The molecule has 2 atom stereocenters. The Bertz CT molecular complexity index is 354. The molecule has 1 N–H and O–H groups in total. The second-order valence-electron chi connectivity index (χ2n) is 4.76. The lowest BCUT2D eigenvalue weighted by Gasteiger charge is -2.15. The summed E-state index contributed by atoms with van der Waals surface area (Å²) in [6.07, 6.45) is 2.18. The van der Waals surface area contributed by atoms with Crippen molar-refractivity contribution in [1.29, 1.82) is 0 Å². The SMILES string of the molecule is CSCC(C)CNCC1CSc2ccccc21. The summed E-state index contributed by atoms with van der Waals surface area (Å²) in [6, 6.07) is 8.83. The zero-order valence-electron chi connectivity index (χ0n) is 10.6. The molecule has 94 valence electrons. The number of hydrogen-bond acceptors (Lipinski definition) is 3. The van der Waals surface area contributed by atoms with Gasteiger partial charge in [-0.1, -0.05) is 25.1 Å². The minimum Gasteiger partial charge on any atom is -0.316 e. The molecule has 2 unspecified atom stereocenters. The molecule has 1 aliphatic heterocycles. The lowest BCUT2D eigenvalue weighted by Crippen LogP contribution is -2.27. The van der Waals surface area contributed by atoms with Gasteiger partial charge in [0, 0.05) is 23.1 Å². The highest BCUT2D eigenvalue weighted by molar-refractivity contribution is 7.99. The van der Waals surface area contributed by atoms with E-state index in [4.69, 9.17) is 0 Å². The van der Waals surface area contributed by atoms with Crippen molar-refractivity contribution >= 4 is 23.5 Å². The van der Waals surface area contributed by atoms with Crippen molar-refractivity contribution < 1.29 is 0 Å². The maximum atomic E-state index is 3.63. The number of rotatable bonds is 6. The molecule has 1 nitrogen and oxygen atoms in total. The lowest BCUT2D eigenvalue weighted by molar-refractivity contribution is 0.537. The van der Waals surface area contributed by atoms with Crippen LogP contribution in [0.3, 0.4) is 0 Å². The van der Waals surface area contributed by atoms with Crippen LogP contribution in [0.1, 0.15) is 18.4 Å². The van der Waals surface area contributed by atoms with Gasteiger partial charge >= 0.3 is 0 Å². The lowest BCUT2D eigenvalue weighted by atomic mass is 10.0. The third-order valence-electron chi connectivity index (χ3n) is 3.13. The normalized spacial score (nSPS) is 20.2. The first-order chi connectivity index (χ1) is 8.31. The highest BCUT2D eigenvalue weighted by Crippen LogP contribution is 2.38. The summed E-state index contributed by atoms with van der Waals surface area (Å²) < 4.78 is 0. The number of fused-ring (bicyclic) bond motifs is 1. The highest BCUT2D eigenvalue weighted by atomic mass is 32.2. The Morgan fingerprint density at radius 1 is 1.47 bits per heavy atom. The molecule has 17 heavy (non-hydrogen) atoms. The summed E-state index contributed by atoms with van der Waals surface area (Å²) >= 11 is 3.94. The van der Waals surface area contributed by atoms with E-state index in [1.165, 1.54) is 16.4 Å². The van der Waals surface area contributed by atoms with E-state index >= 15 is 0 Å². The molecule has 1 aromatic rings. The second kappa shape index (κ2) is 6.72. The standard InChI is InChI=1S/C14H21NS2/c1-11(9-16-2)7-15-8-12-10-17-14-6-4-3-5-13(12)14/h3-6,11-12,15H,7-10H2,1-2H3. The van der Waals surface area contributed by atoms with E-state index in [2.05, 4.69) is 42.8 Å². The minimum atomic E-state index is 0.706. The van der Waals surface area contributed by atoms with Gasteiger partial charge in [-0.2, -0.15) is 11.8 Å². The second-order valence-corrected chi connectivity index (χ2v) is 6.74. The van der Waals surface area contributed by atoms with Crippen LogP contribution in [0.2, 0.25) is 0 Å². The van der Waals surface area contributed by atoms with Crippen LogP contribution >= 0.6 is 23.5 Å². The predicted molar refractivity (Wildman–Crippen MR) is 80.3 cm³/mol. The maximum absolute atomic E-state index is 3.63. The molecule has 2 rings (SSSR count). The molecule has 0 spiro atoms. The van der Waals surface area contributed by atoms with Crippen LogP contribution in [0.15, 0.2) is 29.2 Å². The predicted octanol–water partition coefficient (Wildman–Crippen LogP) is 3.46. The fourth-order valence-electron chi connectivity index (χ4n) is 2.25. The molecule has 0 saturated heterocycles. The fraction of sp³-hybridized carbons (Fsp3) is 0.571. The molecule has 0 aromatic heterocycles. The number of benzene rings is 1. The number of hydrogen-bond donors (Lipinski definition) is 1. The molecule has 1 aromatic carbocycles. The number of thioether (sulfide) groups is 2. The first-order valence-electron chi connectivity index (χ1n) is 6.22. The average molecular weight is 267 g/mol. The Labute approximate surface area is 113 Å². The molecular weight excluding hydrogens is 246 g/mol. The Morgan fingerprint density at radius 2 is 2.29 bits per heavy atom. The van der Waals surface area contributed by atoms with Crippen LogP contribution in [0.25, 0.3) is 0 Å². The van der Waals surface area contributed by atoms with Crippen LogP contribution in [0.4, 0.5) is 0 Å². The van der Waals surface area contributed by atoms with E-state index in [1.54, 1.807) is 5.56 Å². The third-order valence-corrected chi connectivity index (χ3v) is 5.29. The van der Waals surface area contributed by atoms with Gasteiger partial charge in [0.15, 0.2) is 0 Å². The van der Waals surface area contributed by atoms with E-state index in [0.29, 0.717) is 5.92 Å². The summed E-state index contributed by atoms with van der Waals surface area (Å²) in [6.45, 7) is 4.59. The molecule has 3 heteroatoms. The maximum Gasteiger partial charge on any atom is 0.0108 e. The van der Waals surface area contributed by atoms with Crippen LogP contribution < -0.4 is 5.32 Å². The van der Waals surface area contributed by atoms with Crippen LogP contribution in [-0.4, -0.2) is 30.9 Å². The van der Waals surface area contributed by atoms with Gasteiger partial charge in [-0.3, -0.25) is 0 Å². The molecule has 0 bridgehead atoms. The summed E-state index contributed by atoms with van der Waals surface area (Å²) in [7, 11) is 0. The molecule has 0 fully saturated rings. The highest BCUT2D eigenvalue weighted by Gasteiger charge is 2.21. The summed E-state index contributed by atoms with van der Waals surface area (Å²) in [5, 5.41) is 3.63. The molecule has 0 radical (unpaired) electrons. The molecule has 0 aliphatic carbocycles. The Morgan fingerprint density at radius 3 is 3.12 bits per heavy atom. The van der Waals surface area contributed by atoms with Crippen molar-refractivity contribution in [2.24, 2.45) is 5.92 Å². The van der Waals surface area contributed by atoms with E-state index in [9.17, 15) is 0 Å². The van der Waals surface area contributed by atoms with Crippen molar-refractivity contribution in [2.45, 2.75) is 17.7 Å². The van der Waals surface area contributed by atoms with Crippen molar-refractivity contribution in [1.82, 2.24) is 5.32 Å². The van der Waals surface area contributed by atoms with Gasteiger partial charge < -0.3 is 5.32 Å². The van der Waals surface area contributed by atoms with Gasteiger partial charge in [-0.25, -0.2) is 0 Å². The van der Waals surface area contributed by atoms with Gasteiger partial charge in [0.2, 0.25) is 0 Å². The van der Waals surface area contributed by atoms with Crippen molar-refractivity contribution in [3.8, 4) is 0 Å². The van der Waals surface area contributed by atoms with E-state index in [-0.39, 0.29) is 0 Å². The van der Waals surface area contributed by atoms with Gasteiger partial charge in [0.25, 0.3) is 0 Å².